The molecule has 0 bridgehead atoms. The van der Waals surface area contributed by atoms with Gasteiger partial charge < -0.3 is 10.6 Å². The zero-order valence-electron chi connectivity index (χ0n) is 11.9. The van der Waals surface area contributed by atoms with Crippen molar-refractivity contribution in [2.75, 3.05) is 7.05 Å². The summed E-state index contributed by atoms with van der Waals surface area (Å²) in [5.41, 5.74) is 6.24. The summed E-state index contributed by atoms with van der Waals surface area (Å²) < 4.78 is 0. The molecule has 1 unspecified atom stereocenters. The first-order chi connectivity index (χ1) is 9.03. The van der Waals surface area contributed by atoms with Gasteiger partial charge in [-0.3, -0.25) is 4.79 Å². The van der Waals surface area contributed by atoms with Crippen molar-refractivity contribution in [1.29, 1.82) is 0 Å². The van der Waals surface area contributed by atoms with Gasteiger partial charge in [-0.15, -0.1) is 0 Å². The van der Waals surface area contributed by atoms with Crippen molar-refractivity contribution in [2.24, 2.45) is 5.73 Å². The second-order valence-corrected chi connectivity index (χ2v) is 5.78. The Bertz CT molecular complexity index is 422. The van der Waals surface area contributed by atoms with Crippen LogP contribution in [0.3, 0.4) is 0 Å². The number of hydrogen-bond acceptors (Lipinski definition) is 2. The molecule has 1 amide bonds. The minimum atomic E-state index is -0.937. The Balaban J connectivity index is 2.13. The van der Waals surface area contributed by atoms with E-state index < -0.39 is 5.54 Å². The maximum Gasteiger partial charge on any atom is 0.246 e. The lowest BCUT2D eigenvalue weighted by atomic mass is 9.89. The lowest BCUT2D eigenvalue weighted by Crippen LogP contribution is -2.52. The fourth-order valence-corrected chi connectivity index (χ4v) is 2.91. The maximum absolute atomic E-state index is 12.7. The van der Waals surface area contributed by atoms with Gasteiger partial charge in [0, 0.05) is 13.1 Å². The number of carbonyl (C=O) groups excluding carboxylic acids is 1. The smallest absolute Gasteiger partial charge is 0.246 e. The highest BCUT2D eigenvalue weighted by molar-refractivity contribution is 5.87. The summed E-state index contributed by atoms with van der Waals surface area (Å²) in [5.74, 6) is 0.0191. The summed E-state index contributed by atoms with van der Waals surface area (Å²) in [4.78, 5) is 14.5. The zero-order valence-corrected chi connectivity index (χ0v) is 11.9. The molecule has 0 aliphatic heterocycles. The van der Waals surface area contributed by atoms with Crippen LogP contribution in [0.25, 0.3) is 0 Å². The standard InChI is InChI=1S/C16H24N2O/c1-16(17,13-9-5-3-6-10-13)15(19)18(2)14-11-7-4-8-12-14/h3,5-6,9-10,14H,4,7-8,11-12,17H2,1-2H3. The van der Waals surface area contributed by atoms with Crippen LogP contribution in [-0.2, 0) is 10.3 Å². The van der Waals surface area contributed by atoms with Crippen molar-refractivity contribution in [3.8, 4) is 0 Å². The topological polar surface area (TPSA) is 46.3 Å². The summed E-state index contributed by atoms with van der Waals surface area (Å²) in [6.07, 6.45) is 5.93. The van der Waals surface area contributed by atoms with Gasteiger partial charge in [0.05, 0.1) is 0 Å². The summed E-state index contributed by atoms with van der Waals surface area (Å²) in [7, 11) is 1.90. The highest BCUT2D eigenvalue weighted by atomic mass is 16.2. The van der Waals surface area contributed by atoms with Gasteiger partial charge in [0.2, 0.25) is 5.91 Å². The molecule has 1 saturated carbocycles. The first-order valence-corrected chi connectivity index (χ1v) is 7.15. The third kappa shape index (κ3) is 2.98. The van der Waals surface area contributed by atoms with Gasteiger partial charge in [0.1, 0.15) is 5.54 Å². The number of rotatable bonds is 3. The number of nitrogens with zero attached hydrogens (tertiary/aromatic N) is 1. The quantitative estimate of drug-likeness (QED) is 0.908. The van der Waals surface area contributed by atoms with Crippen LogP contribution in [-0.4, -0.2) is 23.9 Å². The fourth-order valence-electron chi connectivity index (χ4n) is 2.91. The second-order valence-electron chi connectivity index (χ2n) is 5.78. The highest BCUT2D eigenvalue weighted by Crippen LogP contribution is 2.26. The van der Waals surface area contributed by atoms with E-state index in [1.165, 1.54) is 19.3 Å². The van der Waals surface area contributed by atoms with E-state index in [4.69, 9.17) is 5.73 Å². The normalized spacial score (nSPS) is 19.7. The van der Waals surface area contributed by atoms with Crippen molar-refractivity contribution in [1.82, 2.24) is 4.90 Å². The molecule has 0 heterocycles. The van der Waals surface area contributed by atoms with Gasteiger partial charge in [-0.1, -0.05) is 49.6 Å². The van der Waals surface area contributed by atoms with Crippen molar-refractivity contribution < 1.29 is 4.79 Å². The van der Waals surface area contributed by atoms with E-state index in [1.54, 1.807) is 0 Å². The molecule has 1 aliphatic rings. The molecule has 1 atom stereocenters. The molecule has 1 aromatic rings. The minimum Gasteiger partial charge on any atom is -0.341 e. The van der Waals surface area contributed by atoms with Crippen molar-refractivity contribution in [3.63, 3.8) is 0 Å². The summed E-state index contributed by atoms with van der Waals surface area (Å²) in [6, 6.07) is 9.99. The second kappa shape index (κ2) is 5.74. The molecule has 3 nitrogen and oxygen atoms in total. The van der Waals surface area contributed by atoms with E-state index >= 15 is 0 Å². The van der Waals surface area contributed by atoms with Gasteiger partial charge in [-0.05, 0) is 25.3 Å². The molecule has 0 spiro atoms. The molecule has 0 saturated heterocycles. The van der Waals surface area contributed by atoms with Gasteiger partial charge in [-0.25, -0.2) is 0 Å². The average molecular weight is 260 g/mol. The van der Waals surface area contributed by atoms with Crippen LogP contribution in [0, 0.1) is 0 Å². The monoisotopic (exact) mass is 260 g/mol. The zero-order chi connectivity index (χ0) is 13.9. The SMILES string of the molecule is CN(C(=O)C(C)(N)c1ccccc1)C1CCCCC1. The molecule has 0 radical (unpaired) electrons. The Labute approximate surface area is 115 Å². The highest BCUT2D eigenvalue weighted by Gasteiger charge is 2.35. The van der Waals surface area contributed by atoms with E-state index in [9.17, 15) is 4.79 Å². The average Bonchev–Trinajstić information content (AvgIpc) is 2.47. The van der Waals surface area contributed by atoms with E-state index in [-0.39, 0.29) is 5.91 Å². The first-order valence-electron chi connectivity index (χ1n) is 7.15. The molecule has 1 aliphatic carbocycles. The van der Waals surface area contributed by atoms with Crippen LogP contribution in [0.2, 0.25) is 0 Å². The Morgan fingerprint density at radius 1 is 1.21 bits per heavy atom. The molecule has 2 N–H and O–H groups in total. The lowest BCUT2D eigenvalue weighted by molar-refractivity contribution is -0.138. The van der Waals surface area contributed by atoms with Gasteiger partial charge in [0.25, 0.3) is 0 Å². The van der Waals surface area contributed by atoms with E-state index in [1.807, 2.05) is 49.2 Å². The third-order valence-electron chi connectivity index (χ3n) is 4.26. The molecule has 0 aromatic heterocycles. The van der Waals surface area contributed by atoms with Gasteiger partial charge in [0.15, 0.2) is 0 Å². The Hall–Kier alpha value is -1.35. The lowest BCUT2D eigenvalue weighted by Gasteiger charge is -2.36. The predicted octanol–water partition coefficient (Wildman–Crippen LogP) is 2.65. The Morgan fingerprint density at radius 3 is 2.37 bits per heavy atom. The first kappa shape index (κ1) is 14.1. The molecule has 1 fully saturated rings. The van der Waals surface area contributed by atoms with E-state index in [0.29, 0.717) is 6.04 Å². The van der Waals surface area contributed by atoms with Crippen molar-refractivity contribution in [3.05, 3.63) is 35.9 Å². The molecular formula is C16H24N2O. The van der Waals surface area contributed by atoms with Crippen LogP contribution in [0.1, 0.15) is 44.6 Å². The van der Waals surface area contributed by atoms with E-state index in [2.05, 4.69) is 0 Å². The van der Waals surface area contributed by atoms with Crippen LogP contribution < -0.4 is 5.73 Å². The predicted molar refractivity (Wildman–Crippen MR) is 77.6 cm³/mol. The largest absolute Gasteiger partial charge is 0.341 e. The minimum absolute atomic E-state index is 0.0191. The van der Waals surface area contributed by atoms with Crippen molar-refractivity contribution in [2.45, 2.75) is 50.6 Å². The number of benzene rings is 1. The van der Waals surface area contributed by atoms with Gasteiger partial charge >= 0.3 is 0 Å². The maximum atomic E-state index is 12.7. The number of likely N-dealkylation sites (N-methyl/N-ethyl adjacent to an activating group) is 1. The summed E-state index contributed by atoms with van der Waals surface area (Å²) >= 11 is 0. The number of nitrogens with two attached hydrogens (primary N) is 1. The molecule has 19 heavy (non-hydrogen) atoms. The molecule has 104 valence electrons. The molecule has 2 rings (SSSR count). The Morgan fingerprint density at radius 2 is 1.79 bits per heavy atom. The van der Waals surface area contributed by atoms with Crippen LogP contribution >= 0.6 is 0 Å². The molecule has 1 aromatic carbocycles. The third-order valence-corrected chi connectivity index (χ3v) is 4.26. The number of carbonyl (C=O) groups is 1. The fraction of sp³-hybridized carbons (Fsp3) is 0.562. The van der Waals surface area contributed by atoms with Crippen LogP contribution in [0.4, 0.5) is 0 Å². The van der Waals surface area contributed by atoms with Crippen molar-refractivity contribution >= 4 is 5.91 Å². The van der Waals surface area contributed by atoms with E-state index in [0.717, 1.165) is 18.4 Å². The summed E-state index contributed by atoms with van der Waals surface area (Å²) in [6.45, 7) is 1.81. The van der Waals surface area contributed by atoms with Gasteiger partial charge in [-0.2, -0.15) is 0 Å². The summed E-state index contributed by atoms with van der Waals surface area (Å²) in [5, 5.41) is 0. The van der Waals surface area contributed by atoms with Crippen LogP contribution in [0.15, 0.2) is 30.3 Å². The molecule has 3 heteroatoms. The van der Waals surface area contributed by atoms with Crippen LogP contribution in [0.5, 0.6) is 0 Å². The number of hydrogen-bond donors (Lipinski definition) is 1. The Kier molecular flexibility index (Phi) is 4.25. The molecular weight excluding hydrogens is 236 g/mol. The number of amides is 1.